The van der Waals surface area contributed by atoms with E-state index in [1.54, 1.807) is 0 Å². The first-order valence-electron chi connectivity index (χ1n) is 4.61. The van der Waals surface area contributed by atoms with E-state index in [9.17, 15) is 0 Å². The molecule has 1 rings (SSSR count). The fourth-order valence-electron chi connectivity index (χ4n) is 1.44. The van der Waals surface area contributed by atoms with Gasteiger partial charge in [0.15, 0.2) is 0 Å². The highest BCUT2D eigenvalue weighted by Crippen LogP contribution is 2.12. The largest absolute Gasteiger partial charge is 0.319 e. The summed E-state index contributed by atoms with van der Waals surface area (Å²) >= 11 is 5.80. The van der Waals surface area contributed by atoms with Gasteiger partial charge in [0, 0.05) is 5.02 Å². The van der Waals surface area contributed by atoms with Crippen molar-refractivity contribution >= 4 is 11.6 Å². The van der Waals surface area contributed by atoms with Crippen LogP contribution in [0.4, 0.5) is 0 Å². The molecule has 0 aliphatic heterocycles. The summed E-state index contributed by atoms with van der Waals surface area (Å²) in [5.74, 6) is 0.672. The molecule has 0 amide bonds. The number of hydrogen-bond donors (Lipinski definition) is 1. The molecule has 0 fully saturated rings. The van der Waals surface area contributed by atoms with E-state index >= 15 is 0 Å². The topological polar surface area (TPSA) is 12.0 Å². The third-order valence-corrected chi connectivity index (χ3v) is 2.30. The van der Waals surface area contributed by atoms with Gasteiger partial charge in [0.05, 0.1) is 0 Å². The minimum Gasteiger partial charge on any atom is -0.319 e. The maximum Gasteiger partial charge on any atom is 0.0406 e. The highest BCUT2D eigenvalue weighted by molar-refractivity contribution is 6.30. The molecule has 0 aliphatic carbocycles. The molecule has 1 aromatic rings. The molecule has 0 bridgehead atoms. The first kappa shape index (κ1) is 10.6. The van der Waals surface area contributed by atoms with Crippen molar-refractivity contribution < 1.29 is 0 Å². The number of nitrogens with one attached hydrogen (secondary N) is 1. The lowest BCUT2D eigenvalue weighted by molar-refractivity contribution is 0.542. The zero-order chi connectivity index (χ0) is 9.68. The van der Waals surface area contributed by atoms with Gasteiger partial charge in [-0.15, -0.1) is 0 Å². The summed E-state index contributed by atoms with van der Waals surface area (Å²) in [7, 11) is 1.98. The first-order valence-corrected chi connectivity index (χ1v) is 4.99. The zero-order valence-corrected chi connectivity index (χ0v) is 8.93. The summed E-state index contributed by atoms with van der Waals surface area (Å²) < 4.78 is 0. The molecule has 0 radical (unpaired) electrons. The number of halogens is 1. The van der Waals surface area contributed by atoms with Crippen molar-refractivity contribution in [3.63, 3.8) is 0 Å². The van der Waals surface area contributed by atoms with Crippen molar-refractivity contribution in [3.05, 3.63) is 34.9 Å². The second-order valence-corrected chi connectivity index (χ2v) is 3.93. The van der Waals surface area contributed by atoms with Gasteiger partial charge in [0.2, 0.25) is 0 Å². The van der Waals surface area contributed by atoms with Crippen LogP contribution in [0.25, 0.3) is 0 Å². The second kappa shape index (κ2) is 5.25. The maximum atomic E-state index is 5.80. The monoisotopic (exact) mass is 197 g/mol. The molecule has 0 aromatic heterocycles. The van der Waals surface area contributed by atoms with Gasteiger partial charge >= 0.3 is 0 Å². The standard InChI is InChI=1S/C11H16ClN/c1-9(8-13-2)7-10-3-5-11(12)6-4-10/h3-6,9,13H,7-8H2,1-2H3. The smallest absolute Gasteiger partial charge is 0.0406 e. The van der Waals surface area contributed by atoms with E-state index in [0.29, 0.717) is 5.92 Å². The number of benzene rings is 1. The van der Waals surface area contributed by atoms with E-state index in [-0.39, 0.29) is 0 Å². The predicted molar refractivity (Wildman–Crippen MR) is 58.2 cm³/mol. The minimum absolute atomic E-state index is 0.672. The van der Waals surface area contributed by atoms with Gasteiger partial charge in [0.1, 0.15) is 0 Å². The highest BCUT2D eigenvalue weighted by atomic mass is 35.5. The molecule has 1 N–H and O–H groups in total. The lowest BCUT2D eigenvalue weighted by Crippen LogP contribution is -2.17. The van der Waals surface area contributed by atoms with Crippen LogP contribution in [0.15, 0.2) is 24.3 Å². The third-order valence-electron chi connectivity index (χ3n) is 2.05. The van der Waals surface area contributed by atoms with Gasteiger partial charge in [-0.25, -0.2) is 0 Å². The van der Waals surface area contributed by atoms with E-state index in [1.807, 2.05) is 19.2 Å². The molecule has 0 heterocycles. The number of rotatable bonds is 4. The molecule has 0 aliphatic rings. The van der Waals surface area contributed by atoms with E-state index in [0.717, 1.165) is 18.0 Å². The maximum absolute atomic E-state index is 5.80. The molecule has 0 saturated carbocycles. The van der Waals surface area contributed by atoms with Crippen LogP contribution >= 0.6 is 11.6 Å². The fourth-order valence-corrected chi connectivity index (χ4v) is 1.57. The minimum atomic E-state index is 0.672. The summed E-state index contributed by atoms with van der Waals surface area (Å²) in [4.78, 5) is 0. The molecular formula is C11H16ClN. The van der Waals surface area contributed by atoms with Crippen LogP contribution in [-0.4, -0.2) is 13.6 Å². The molecular weight excluding hydrogens is 182 g/mol. The molecule has 13 heavy (non-hydrogen) atoms. The van der Waals surface area contributed by atoms with Crippen molar-refractivity contribution in [1.82, 2.24) is 5.32 Å². The Bertz CT molecular complexity index is 243. The van der Waals surface area contributed by atoms with Crippen LogP contribution in [0.1, 0.15) is 12.5 Å². The zero-order valence-electron chi connectivity index (χ0n) is 8.18. The van der Waals surface area contributed by atoms with Crippen LogP contribution in [0, 0.1) is 5.92 Å². The third kappa shape index (κ3) is 3.79. The van der Waals surface area contributed by atoms with Crippen LogP contribution in [-0.2, 0) is 6.42 Å². The SMILES string of the molecule is CNCC(C)Cc1ccc(Cl)cc1. The van der Waals surface area contributed by atoms with Crippen LogP contribution < -0.4 is 5.32 Å². The van der Waals surface area contributed by atoms with Crippen molar-refractivity contribution in [2.24, 2.45) is 5.92 Å². The molecule has 1 aromatic carbocycles. The molecule has 0 spiro atoms. The van der Waals surface area contributed by atoms with Crippen molar-refractivity contribution in [1.29, 1.82) is 0 Å². The van der Waals surface area contributed by atoms with E-state index in [1.165, 1.54) is 5.56 Å². The van der Waals surface area contributed by atoms with Gasteiger partial charge in [-0.05, 0) is 43.6 Å². The lowest BCUT2D eigenvalue weighted by atomic mass is 10.0. The fraction of sp³-hybridized carbons (Fsp3) is 0.455. The van der Waals surface area contributed by atoms with Crippen molar-refractivity contribution in [2.75, 3.05) is 13.6 Å². The Balaban J connectivity index is 2.49. The Morgan fingerprint density at radius 1 is 1.31 bits per heavy atom. The highest BCUT2D eigenvalue weighted by Gasteiger charge is 2.01. The molecule has 1 atom stereocenters. The average Bonchev–Trinajstić information content (AvgIpc) is 2.09. The van der Waals surface area contributed by atoms with Gasteiger partial charge in [-0.2, -0.15) is 0 Å². The van der Waals surface area contributed by atoms with Crippen LogP contribution in [0.2, 0.25) is 5.02 Å². The van der Waals surface area contributed by atoms with Crippen molar-refractivity contribution in [2.45, 2.75) is 13.3 Å². The predicted octanol–water partition coefficient (Wildman–Crippen LogP) is 2.74. The summed E-state index contributed by atoms with van der Waals surface area (Å²) in [6, 6.07) is 8.08. The van der Waals surface area contributed by atoms with Gasteiger partial charge < -0.3 is 5.32 Å². The molecule has 2 heteroatoms. The van der Waals surface area contributed by atoms with Crippen LogP contribution in [0.5, 0.6) is 0 Å². The van der Waals surface area contributed by atoms with Crippen molar-refractivity contribution in [3.8, 4) is 0 Å². The molecule has 72 valence electrons. The summed E-state index contributed by atoms with van der Waals surface area (Å²) in [5, 5.41) is 3.98. The first-order chi connectivity index (χ1) is 6.22. The van der Waals surface area contributed by atoms with Gasteiger partial charge in [-0.1, -0.05) is 30.7 Å². The molecule has 1 unspecified atom stereocenters. The lowest BCUT2D eigenvalue weighted by Gasteiger charge is -2.10. The van der Waals surface area contributed by atoms with E-state index in [4.69, 9.17) is 11.6 Å². The molecule has 0 saturated heterocycles. The Labute approximate surface area is 85.1 Å². The average molecular weight is 198 g/mol. The van der Waals surface area contributed by atoms with Gasteiger partial charge in [0.25, 0.3) is 0 Å². The Kier molecular flexibility index (Phi) is 4.26. The Morgan fingerprint density at radius 2 is 1.92 bits per heavy atom. The van der Waals surface area contributed by atoms with E-state index < -0.39 is 0 Å². The van der Waals surface area contributed by atoms with Gasteiger partial charge in [-0.3, -0.25) is 0 Å². The summed E-state index contributed by atoms with van der Waals surface area (Å²) in [5.41, 5.74) is 1.35. The number of hydrogen-bond acceptors (Lipinski definition) is 1. The van der Waals surface area contributed by atoms with Crippen LogP contribution in [0.3, 0.4) is 0 Å². The molecule has 1 nitrogen and oxygen atoms in total. The normalized spacial score (nSPS) is 12.8. The summed E-state index contributed by atoms with van der Waals surface area (Å²) in [6.07, 6.45) is 1.11. The second-order valence-electron chi connectivity index (χ2n) is 3.49. The summed E-state index contributed by atoms with van der Waals surface area (Å²) in [6.45, 7) is 3.30. The Hall–Kier alpha value is -0.530. The Morgan fingerprint density at radius 3 is 2.46 bits per heavy atom. The van der Waals surface area contributed by atoms with E-state index in [2.05, 4.69) is 24.4 Å². The quantitative estimate of drug-likeness (QED) is 0.783.